The van der Waals surface area contributed by atoms with Gasteiger partial charge in [0.15, 0.2) is 5.13 Å². The van der Waals surface area contributed by atoms with Gasteiger partial charge in [-0.25, -0.2) is 9.97 Å². The molecular weight excluding hydrogens is 368 g/mol. The number of pyridine rings is 1. The second kappa shape index (κ2) is 8.12. The number of nitrogens with one attached hydrogen (secondary N) is 1. The first-order chi connectivity index (χ1) is 13.7. The van der Waals surface area contributed by atoms with E-state index >= 15 is 0 Å². The summed E-state index contributed by atoms with van der Waals surface area (Å²) < 4.78 is 2.06. The molecule has 144 valence electrons. The molecular formula is C22H24N4OS. The first-order valence-corrected chi connectivity index (χ1v) is 10.4. The van der Waals surface area contributed by atoms with Crippen LogP contribution in [0.1, 0.15) is 26.0 Å². The molecule has 1 atom stereocenters. The van der Waals surface area contributed by atoms with Crippen molar-refractivity contribution in [1.29, 1.82) is 0 Å². The van der Waals surface area contributed by atoms with Crippen molar-refractivity contribution in [3.63, 3.8) is 0 Å². The smallest absolute Gasteiger partial charge is 0.183 e. The molecule has 0 saturated carbocycles. The molecule has 0 amide bonds. The molecule has 0 radical (unpaired) electrons. The average Bonchev–Trinajstić information content (AvgIpc) is 3.34. The Kier molecular flexibility index (Phi) is 5.41. The molecule has 3 heterocycles. The summed E-state index contributed by atoms with van der Waals surface area (Å²) in [5.74, 6) is 0. The van der Waals surface area contributed by atoms with Crippen LogP contribution in [0.2, 0.25) is 0 Å². The Hall–Kier alpha value is -2.70. The van der Waals surface area contributed by atoms with Crippen LogP contribution in [-0.4, -0.2) is 32.1 Å². The van der Waals surface area contributed by atoms with Crippen molar-refractivity contribution in [1.82, 2.24) is 14.4 Å². The van der Waals surface area contributed by atoms with Crippen LogP contribution in [0.3, 0.4) is 0 Å². The molecule has 3 aromatic heterocycles. The number of benzene rings is 1. The molecule has 28 heavy (non-hydrogen) atoms. The SMILES string of the molecule is CC[C@@H](C)Nc1ncc(-c2cc(-c3ccccc3)c3nc(CCO)cn3c2)s1. The number of anilines is 1. The summed E-state index contributed by atoms with van der Waals surface area (Å²) in [7, 11) is 0. The third kappa shape index (κ3) is 3.79. The minimum atomic E-state index is 0.0941. The van der Waals surface area contributed by atoms with Gasteiger partial charge in [0.2, 0.25) is 0 Å². The van der Waals surface area contributed by atoms with Crippen LogP contribution >= 0.6 is 11.3 Å². The molecule has 6 heteroatoms. The Morgan fingerprint density at radius 1 is 1.18 bits per heavy atom. The van der Waals surface area contributed by atoms with Crippen LogP contribution in [0, 0.1) is 0 Å². The summed E-state index contributed by atoms with van der Waals surface area (Å²) in [6, 6.07) is 12.9. The minimum Gasteiger partial charge on any atom is -0.396 e. The van der Waals surface area contributed by atoms with Gasteiger partial charge in [0, 0.05) is 48.8 Å². The van der Waals surface area contributed by atoms with Crippen molar-refractivity contribution < 1.29 is 5.11 Å². The van der Waals surface area contributed by atoms with E-state index in [9.17, 15) is 5.11 Å². The van der Waals surface area contributed by atoms with Gasteiger partial charge in [-0.1, -0.05) is 48.6 Å². The number of aromatic nitrogens is 3. The van der Waals surface area contributed by atoms with Crippen LogP contribution in [0.5, 0.6) is 0 Å². The van der Waals surface area contributed by atoms with Crippen LogP contribution in [0.25, 0.3) is 27.2 Å². The lowest BCUT2D eigenvalue weighted by atomic mass is 10.0. The maximum absolute atomic E-state index is 9.30. The van der Waals surface area contributed by atoms with E-state index in [1.165, 1.54) is 0 Å². The fourth-order valence-electron chi connectivity index (χ4n) is 3.14. The Labute approximate surface area is 168 Å². The van der Waals surface area contributed by atoms with E-state index in [0.29, 0.717) is 12.5 Å². The largest absolute Gasteiger partial charge is 0.396 e. The predicted octanol–water partition coefficient (Wildman–Crippen LogP) is 4.87. The first kappa shape index (κ1) is 18.7. The summed E-state index contributed by atoms with van der Waals surface area (Å²) >= 11 is 1.66. The van der Waals surface area contributed by atoms with Gasteiger partial charge < -0.3 is 14.8 Å². The number of thiazole rings is 1. The van der Waals surface area contributed by atoms with E-state index in [0.717, 1.165) is 44.5 Å². The van der Waals surface area contributed by atoms with Crippen LogP contribution in [0.4, 0.5) is 5.13 Å². The third-order valence-electron chi connectivity index (χ3n) is 4.83. The number of hydrogen-bond acceptors (Lipinski definition) is 5. The lowest BCUT2D eigenvalue weighted by molar-refractivity contribution is 0.298. The topological polar surface area (TPSA) is 62.5 Å². The van der Waals surface area contributed by atoms with E-state index in [2.05, 4.69) is 52.9 Å². The quantitative estimate of drug-likeness (QED) is 0.471. The number of aliphatic hydroxyl groups is 1. The van der Waals surface area contributed by atoms with Crippen molar-refractivity contribution in [2.75, 3.05) is 11.9 Å². The fraction of sp³-hybridized carbons (Fsp3) is 0.273. The predicted molar refractivity (Wildman–Crippen MR) is 116 cm³/mol. The van der Waals surface area contributed by atoms with Gasteiger partial charge in [-0.3, -0.25) is 0 Å². The summed E-state index contributed by atoms with van der Waals surface area (Å²) in [6.07, 6.45) is 7.63. The maximum atomic E-state index is 9.30. The Bertz CT molecular complexity index is 1070. The zero-order valence-corrected chi connectivity index (χ0v) is 16.9. The second-order valence-corrected chi connectivity index (χ2v) is 7.96. The molecule has 1 aromatic carbocycles. The van der Waals surface area contributed by atoms with Crippen LogP contribution < -0.4 is 5.32 Å². The van der Waals surface area contributed by atoms with E-state index < -0.39 is 0 Å². The molecule has 0 aliphatic rings. The molecule has 0 saturated heterocycles. The number of hydrogen-bond donors (Lipinski definition) is 2. The highest BCUT2D eigenvalue weighted by molar-refractivity contribution is 7.18. The Balaban J connectivity index is 1.81. The molecule has 0 fully saturated rings. The van der Waals surface area contributed by atoms with Gasteiger partial charge in [-0.2, -0.15) is 0 Å². The van der Waals surface area contributed by atoms with Crippen molar-refractivity contribution in [3.8, 4) is 21.6 Å². The Morgan fingerprint density at radius 3 is 2.75 bits per heavy atom. The molecule has 2 N–H and O–H groups in total. The molecule has 4 rings (SSSR count). The highest BCUT2D eigenvalue weighted by Gasteiger charge is 2.13. The van der Waals surface area contributed by atoms with Gasteiger partial charge in [0.05, 0.1) is 10.6 Å². The fourth-order valence-corrected chi connectivity index (χ4v) is 4.04. The molecule has 0 bridgehead atoms. The van der Waals surface area contributed by atoms with Gasteiger partial charge in [0.25, 0.3) is 0 Å². The number of imidazole rings is 1. The normalized spacial score (nSPS) is 12.4. The Morgan fingerprint density at radius 2 is 2.00 bits per heavy atom. The standard InChI is InChI=1S/C22H24N4OS/c1-3-15(2)24-22-23-12-20(28-22)17-11-19(16-7-5-4-6-8-16)21-25-18(9-10-27)14-26(21)13-17/h4-8,11-15,27H,3,9-10H2,1-2H3,(H,23,24)/t15-/m1/s1. The van der Waals surface area contributed by atoms with Crippen molar-refractivity contribution >= 4 is 22.1 Å². The second-order valence-electron chi connectivity index (χ2n) is 6.93. The zero-order valence-electron chi connectivity index (χ0n) is 16.1. The average molecular weight is 393 g/mol. The molecule has 5 nitrogen and oxygen atoms in total. The van der Waals surface area contributed by atoms with Gasteiger partial charge in [-0.05, 0) is 25.0 Å². The highest BCUT2D eigenvalue weighted by Crippen LogP contribution is 2.34. The minimum absolute atomic E-state index is 0.0941. The van der Waals surface area contributed by atoms with Gasteiger partial charge >= 0.3 is 0 Å². The monoisotopic (exact) mass is 392 g/mol. The van der Waals surface area contributed by atoms with E-state index in [4.69, 9.17) is 4.98 Å². The lowest BCUT2D eigenvalue weighted by Crippen LogP contribution is -2.12. The maximum Gasteiger partial charge on any atom is 0.183 e. The third-order valence-corrected chi connectivity index (χ3v) is 5.80. The van der Waals surface area contributed by atoms with Gasteiger partial charge in [-0.15, -0.1) is 0 Å². The lowest BCUT2D eigenvalue weighted by Gasteiger charge is -2.09. The van der Waals surface area contributed by atoms with Crippen molar-refractivity contribution in [2.24, 2.45) is 0 Å². The van der Waals surface area contributed by atoms with Gasteiger partial charge in [0.1, 0.15) is 5.65 Å². The first-order valence-electron chi connectivity index (χ1n) is 9.58. The van der Waals surface area contributed by atoms with E-state index in [-0.39, 0.29) is 6.61 Å². The van der Waals surface area contributed by atoms with E-state index in [1.54, 1.807) is 11.3 Å². The molecule has 0 unspecified atom stereocenters. The summed E-state index contributed by atoms with van der Waals surface area (Å²) in [6.45, 7) is 4.42. The zero-order chi connectivity index (χ0) is 19.5. The number of aliphatic hydroxyl groups excluding tert-OH is 1. The highest BCUT2D eigenvalue weighted by atomic mass is 32.1. The van der Waals surface area contributed by atoms with E-state index in [1.807, 2.05) is 30.6 Å². The number of fused-ring (bicyclic) bond motifs is 1. The van der Waals surface area contributed by atoms with Crippen LogP contribution in [-0.2, 0) is 6.42 Å². The summed E-state index contributed by atoms with van der Waals surface area (Å²) in [4.78, 5) is 10.4. The molecule has 0 aliphatic carbocycles. The molecule has 0 spiro atoms. The van der Waals surface area contributed by atoms with Crippen molar-refractivity contribution in [3.05, 3.63) is 60.7 Å². The summed E-state index contributed by atoms with van der Waals surface area (Å²) in [5, 5.41) is 13.7. The molecule has 0 aliphatic heterocycles. The molecule has 4 aromatic rings. The number of nitrogens with zero attached hydrogens (tertiary/aromatic N) is 3. The van der Waals surface area contributed by atoms with Crippen molar-refractivity contribution in [2.45, 2.75) is 32.7 Å². The van der Waals surface area contributed by atoms with Crippen LogP contribution in [0.15, 0.2) is 55.0 Å². The number of rotatable bonds is 7. The summed E-state index contributed by atoms with van der Waals surface area (Å²) in [5.41, 5.74) is 5.10.